The minimum atomic E-state index is -1.13. The van der Waals surface area contributed by atoms with Gasteiger partial charge in [-0.1, -0.05) is 39.5 Å². The zero-order chi connectivity index (χ0) is 13.9. The molecule has 4 heteroatoms. The SMILES string of the molecule is CCCCCOC[C@H]1O[CH][C@H](F)[C@@H]1OCCCCC. The Morgan fingerprint density at radius 2 is 1.74 bits per heavy atom. The topological polar surface area (TPSA) is 27.7 Å². The largest absolute Gasteiger partial charge is 0.379 e. The first-order chi connectivity index (χ1) is 9.29. The molecular formula is C15H28FO3. The molecule has 1 heterocycles. The van der Waals surface area contributed by atoms with E-state index >= 15 is 0 Å². The summed E-state index contributed by atoms with van der Waals surface area (Å²) in [5.41, 5.74) is 0. The fourth-order valence-corrected chi connectivity index (χ4v) is 2.09. The molecule has 1 radical (unpaired) electrons. The van der Waals surface area contributed by atoms with Gasteiger partial charge in [0.25, 0.3) is 0 Å². The fourth-order valence-electron chi connectivity index (χ4n) is 2.09. The second-order valence-corrected chi connectivity index (χ2v) is 5.08. The Balaban J connectivity index is 2.15. The lowest BCUT2D eigenvalue weighted by molar-refractivity contribution is -0.0561. The maximum Gasteiger partial charge on any atom is 0.157 e. The molecule has 0 spiro atoms. The van der Waals surface area contributed by atoms with Crippen molar-refractivity contribution in [2.75, 3.05) is 19.8 Å². The molecule has 0 bridgehead atoms. The van der Waals surface area contributed by atoms with E-state index in [0.717, 1.165) is 25.7 Å². The molecular weight excluding hydrogens is 247 g/mol. The first-order valence-corrected chi connectivity index (χ1v) is 7.61. The van der Waals surface area contributed by atoms with Gasteiger partial charge in [-0.3, -0.25) is 0 Å². The molecule has 113 valence electrons. The second-order valence-electron chi connectivity index (χ2n) is 5.08. The summed E-state index contributed by atoms with van der Waals surface area (Å²) in [4.78, 5) is 0. The predicted octanol–water partition coefficient (Wildman–Crippen LogP) is 3.67. The van der Waals surface area contributed by atoms with Gasteiger partial charge in [0.2, 0.25) is 0 Å². The molecule has 1 fully saturated rings. The highest BCUT2D eigenvalue weighted by atomic mass is 19.1. The molecule has 3 atom stereocenters. The molecule has 3 nitrogen and oxygen atoms in total. The number of hydrogen-bond acceptors (Lipinski definition) is 3. The van der Waals surface area contributed by atoms with Gasteiger partial charge in [0.05, 0.1) is 6.61 Å². The summed E-state index contributed by atoms with van der Waals surface area (Å²) in [6, 6.07) is 0. The Labute approximate surface area is 116 Å². The highest BCUT2D eigenvalue weighted by Gasteiger charge is 2.38. The van der Waals surface area contributed by atoms with E-state index in [4.69, 9.17) is 14.2 Å². The molecule has 0 aromatic rings. The minimum Gasteiger partial charge on any atom is -0.379 e. The molecule has 1 aliphatic rings. The van der Waals surface area contributed by atoms with Crippen molar-refractivity contribution in [3.8, 4) is 0 Å². The normalized spacial score (nSPS) is 27.0. The van der Waals surface area contributed by atoms with E-state index in [1.165, 1.54) is 19.4 Å². The van der Waals surface area contributed by atoms with Crippen molar-refractivity contribution >= 4 is 0 Å². The second kappa shape index (κ2) is 10.6. The minimum absolute atomic E-state index is 0.293. The zero-order valence-corrected chi connectivity index (χ0v) is 12.3. The number of halogens is 1. The molecule has 19 heavy (non-hydrogen) atoms. The average molecular weight is 275 g/mol. The van der Waals surface area contributed by atoms with Gasteiger partial charge in [-0.15, -0.1) is 0 Å². The smallest absolute Gasteiger partial charge is 0.157 e. The van der Waals surface area contributed by atoms with Crippen LogP contribution in [0.15, 0.2) is 0 Å². The Hall–Kier alpha value is -0.190. The van der Waals surface area contributed by atoms with Crippen LogP contribution in [0.2, 0.25) is 0 Å². The van der Waals surface area contributed by atoms with Gasteiger partial charge in [-0.2, -0.15) is 0 Å². The standard InChI is InChI=1S/C15H28FO3/c1-3-5-7-9-17-12-14-15(13(16)11-19-14)18-10-8-6-4-2/h11,13-15H,3-10,12H2,1-2H3/t13-,14+,15-/m0/s1. The van der Waals surface area contributed by atoms with Crippen LogP contribution < -0.4 is 0 Å². The van der Waals surface area contributed by atoms with Crippen molar-refractivity contribution in [2.24, 2.45) is 0 Å². The van der Waals surface area contributed by atoms with Crippen molar-refractivity contribution in [2.45, 2.75) is 70.8 Å². The maximum atomic E-state index is 13.6. The molecule has 1 saturated heterocycles. The summed E-state index contributed by atoms with van der Waals surface area (Å²) in [6.07, 6.45) is 4.70. The van der Waals surface area contributed by atoms with Crippen molar-refractivity contribution in [3.63, 3.8) is 0 Å². The molecule has 0 amide bonds. The van der Waals surface area contributed by atoms with E-state index in [9.17, 15) is 4.39 Å². The first-order valence-electron chi connectivity index (χ1n) is 7.61. The average Bonchev–Trinajstić information content (AvgIpc) is 2.76. The lowest BCUT2D eigenvalue weighted by atomic mass is 10.1. The van der Waals surface area contributed by atoms with Crippen LogP contribution in [0.1, 0.15) is 52.4 Å². The summed E-state index contributed by atoms with van der Waals surface area (Å²) in [5, 5.41) is 0. The van der Waals surface area contributed by atoms with Crippen LogP contribution in [0, 0.1) is 6.61 Å². The Bertz CT molecular complexity index is 214. The third-order valence-electron chi connectivity index (χ3n) is 3.30. The van der Waals surface area contributed by atoms with Crippen molar-refractivity contribution < 1.29 is 18.6 Å². The van der Waals surface area contributed by atoms with Crippen LogP contribution in [-0.2, 0) is 14.2 Å². The lowest BCUT2D eigenvalue weighted by Crippen LogP contribution is -2.34. The number of unbranched alkanes of at least 4 members (excludes halogenated alkanes) is 4. The van der Waals surface area contributed by atoms with E-state index in [0.29, 0.717) is 19.8 Å². The summed E-state index contributed by atoms with van der Waals surface area (Å²) >= 11 is 0. The summed E-state index contributed by atoms with van der Waals surface area (Å²) in [7, 11) is 0. The molecule has 0 unspecified atom stereocenters. The van der Waals surface area contributed by atoms with E-state index in [-0.39, 0.29) is 6.10 Å². The van der Waals surface area contributed by atoms with E-state index in [2.05, 4.69) is 13.8 Å². The highest BCUT2D eigenvalue weighted by Crippen LogP contribution is 2.24. The van der Waals surface area contributed by atoms with E-state index in [1.807, 2.05) is 0 Å². The Kier molecular flexibility index (Phi) is 9.39. The zero-order valence-electron chi connectivity index (χ0n) is 12.3. The van der Waals surface area contributed by atoms with Crippen molar-refractivity contribution in [1.82, 2.24) is 0 Å². The fraction of sp³-hybridized carbons (Fsp3) is 0.933. The van der Waals surface area contributed by atoms with Crippen LogP contribution in [0.5, 0.6) is 0 Å². The third-order valence-corrected chi connectivity index (χ3v) is 3.30. The third kappa shape index (κ3) is 6.68. The highest BCUT2D eigenvalue weighted by molar-refractivity contribution is 4.91. The Morgan fingerprint density at radius 1 is 1.05 bits per heavy atom. The quantitative estimate of drug-likeness (QED) is 0.538. The van der Waals surface area contributed by atoms with Gasteiger partial charge in [0, 0.05) is 13.2 Å². The van der Waals surface area contributed by atoms with Crippen LogP contribution in [0.25, 0.3) is 0 Å². The molecule has 0 aromatic carbocycles. The first kappa shape index (κ1) is 16.9. The molecule has 1 rings (SSSR count). The number of rotatable bonds is 11. The van der Waals surface area contributed by atoms with Gasteiger partial charge in [-0.05, 0) is 12.8 Å². The summed E-state index contributed by atoms with van der Waals surface area (Å²) in [5.74, 6) is 0. The van der Waals surface area contributed by atoms with Crippen LogP contribution in [0.3, 0.4) is 0 Å². The number of hydrogen-bond donors (Lipinski definition) is 0. The van der Waals surface area contributed by atoms with Crippen LogP contribution in [0.4, 0.5) is 4.39 Å². The maximum absolute atomic E-state index is 13.6. The molecule has 0 N–H and O–H groups in total. The predicted molar refractivity (Wildman–Crippen MR) is 73.7 cm³/mol. The van der Waals surface area contributed by atoms with Gasteiger partial charge < -0.3 is 14.2 Å². The lowest BCUT2D eigenvalue weighted by Gasteiger charge is -2.20. The van der Waals surface area contributed by atoms with Crippen LogP contribution >= 0.6 is 0 Å². The molecule has 0 aromatic heterocycles. The van der Waals surface area contributed by atoms with Gasteiger partial charge in [0.1, 0.15) is 18.8 Å². The van der Waals surface area contributed by atoms with Gasteiger partial charge in [0.15, 0.2) is 6.17 Å². The summed E-state index contributed by atoms with van der Waals surface area (Å²) < 4.78 is 30.0. The monoisotopic (exact) mass is 275 g/mol. The molecule has 0 saturated carbocycles. The van der Waals surface area contributed by atoms with Gasteiger partial charge >= 0.3 is 0 Å². The molecule has 0 aliphatic carbocycles. The summed E-state index contributed by atoms with van der Waals surface area (Å²) in [6.45, 7) is 7.26. The Morgan fingerprint density at radius 3 is 2.42 bits per heavy atom. The van der Waals surface area contributed by atoms with Crippen molar-refractivity contribution in [1.29, 1.82) is 0 Å². The number of ether oxygens (including phenoxy) is 3. The van der Waals surface area contributed by atoms with E-state index < -0.39 is 12.3 Å². The number of alkyl halides is 1. The van der Waals surface area contributed by atoms with Gasteiger partial charge in [-0.25, -0.2) is 4.39 Å². The van der Waals surface area contributed by atoms with Crippen molar-refractivity contribution in [3.05, 3.63) is 6.61 Å². The molecule has 1 aliphatic heterocycles. The van der Waals surface area contributed by atoms with E-state index in [1.54, 1.807) is 0 Å². The van der Waals surface area contributed by atoms with Crippen LogP contribution in [-0.4, -0.2) is 38.2 Å².